The van der Waals surface area contributed by atoms with Crippen molar-refractivity contribution in [1.82, 2.24) is 5.01 Å². The Bertz CT molecular complexity index is 1210. The molecule has 154 valence electrons. The van der Waals surface area contributed by atoms with E-state index in [1.807, 2.05) is 18.2 Å². The van der Waals surface area contributed by atoms with Crippen LogP contribution >= 0.6 is 0 Å². The van der Waals surface area contributed by atoms with Crippen molar-refractivity contribution in [3.63, 3.8) is 0 Å². The third-order valence-corrected chi connectivity index (χ3v) is 6.80. The van der Waals surface area contributed by atoms with E-state index in [2.05, 4.69) is 5.10 Å². The lowest BCUT2D eigenvalue weighted by Crippen LogP contribution is -2.28. The van der Waals surface area contributed by atoms with Gasteiger partial charge in [-0.1, -0.05) is 24.3 Å². The van der Waals surface area contributed by atoms with Crippen molar-refractivity contribution in [3.8, 4) is 5.75 Å². The van der Waals surface area contributed by atoms with Gasteiger partial charge in [0.05, 0.1) is 29.7 Å². The first kappa shape index (κ1) is 19.9. The monoisotopic (exact) mass is 423 g/mol. The molecule has 1 unspecified atom stereocenters. The minimum absolute atomic E-state index is 0.130. The largest absolute Gasteiger partial charge is 0.497 e. The Kier molecular flexibility index (Phi) is 5.19. The van der Waals surface area contributed by atoms with Crippen molar-refractivity contribution < 1.29 is 18.3 Å². The van der Waals surface area contributed by atoms with Crippen LogP contribution in [0.2, 0.25) is 0 Å². The van der Waals surface area contributed by atoms with Crippen molar-refractivity contribution in [1.29, 1.82) is 0 Å². The predicted molar refractivity (Wildman–Crippen MR) is 114 cm³/mol. The van der Waals surface area contributed by atoms with E-state index in [0.717, 1.165) is 5.56 Å². The highest BCUT2D eigenvalue weighted by atomic mass is 32.2. The van der Waals surface area contributed by atoms with Crippen LogP contribution < -0.4 is 10.5 Å². The van der Waals surface area contributed by atoms with Crippen LogP contribution in [0.25, 0.3) is 0 Å². The second-order valence-corrected chi connectivity index (χ2v) is 8.83. The minimum atomic E-state index is -3.71. The highest BCUT2D eigenvalue weighted by molar-refractivity contribution is 7.91. The number of aliphatic hydroxyl groups is 1. The number of sulfone groups is 1. The Morgan fingerprint density at radius 1 is 1.07 bits per heavy atom. The quantitative estimate of drug-likeness (QED) is 0.612. The Morgan fingerprint density at radius 3 is 2.47 bits per heavy atom. The number of hydrogen-bond donors (Lipinski definition) is 2. The average Bonchev–Trinajstić information content (AvgIpc) is 2.77. The zero-order valence-corrected chi connectivity index (χ0v) is 17.1. The number of fused-ring (bicyclic) bond motifs is 1. The maximum Gasteiger partial charge on any atom is 0.206 e. The standard InChI is InChI=1S/C22H21N3O4S/c1-29-17-6-8-18(9-7-17)30(27,28)19-10-11-20-16(12-19)13-24-25(22(20)26)14-15-4-2-3-5-21(15)23/h2-13,22,26H,14,23H2,1H3. The van der Waals surface area contributed by atoms with Gasteiger partial charge >= 0.3 is 0 Å². The van der Waals surface area contributed by atoms with Crippen LogP contribution in [0, 0.1) is 0 Å². The number of nitrogen functional groups attached to an aromatic ring is 1. The SMILES string of the molecule is COc1ccc(S(=O)(=O)c2ccc3c(c2)C=NN(Cc2ccccc2N)C3O)cc1. The first-order valence-corrected chi connectivity index (χ1v) is 10.7. The van der Waals surface area contributed by atoms with Gasteiger partial charge in [0, 0.05) is 16.8 Å². The summed E-state index contributed by atoms with van der Waals surface area (Å²) >= 11 is 0. The summed E-state index contributed by atoms with van der Waals surface area (Å²) in [5.74, 6) is 0.578. The van der Waals surface area contributed by atoms with Crippen LogP contribution in [0.3, 0.4) is 0 Å². The Balaban J connectivity index is 1.62. The molecule has 0 amide bonds. The fourth-order valence-corrected chi connectivity index (χ4v) is 4.59. The number of hydrogen-bond acceptors (Lipinski definition) is 7. The summed E-state index contributed by atoms with van der Waals surface area (Å²) < 4.78 is 31.0. The first-order valence-electron chi connectivity index (χ1n) is 9.25. The van der Waals surface area contributed by atoms with Crippen molar-refractivity contribution in [2.24, 2.45) is 5.10 Å². The third kappa shape index (κ3) is 3.62. The number of ether oxygens (including phenoxy) is 1. The molecular formula is C22H21N3O4S. The maximum absolute atomic E-state index is 13.0. The molecule has 0 aliphatic carbocycles. The predicted octanol–water partition coefficient (Wildman–Crippen LogP) is 2.95. The molecule has 0 radical (unpaired) electrons. The van der Waals surface area contributed by atoms with Crippen LogP contribution in [0.15, 0.2) is 81.6 Å². The summed E-state index contributed by atoms with van der Waals surface area (Å²) in [5.41, 5.74) is 8.57. The lowest BCUT2D eigenvalue weighted by atomic mass is 10.0. The molecule has 8 heteroatoms. The lowest BCUT2D eigenvalue weighted by Gasteiger charge is -2.30. The second kappa shape index (κ2) is 7.81. The molecule has 0 aromatic heterocycles. The molecule has 1 heterocycles. The fourth-order valence-electron chi connectivity index (χ4n) is 3.30. The normalized spacial score (nSPS) is 15.7. The zero-order chi connectivity index (χ0) is 21.3. The second-order valence-electron chi connectivity index (χ2n) is 6.88. The summed E-state index contributed by atoms with van der Waals surface area (Å²) in [6.45, 7) is 0.329. The number of hydrazone groups is 1. The number of nitrogens with two attached hydrogens (primary N) is 1. The summed E-state index contributed by atoms with van der Waals surface area (Å²) in [7, 11) is -2.19. The van der Waals surface area contributed by atoms with Crippen molar-refractivity contribution in [3.05, 3.63) is 83.4 Å². The van der Waals surface area contributed by atoms with Gasteiger partial charge in [-0.15, -0.1) is 0 Å². The number of para-hydroxylation sites is 1. The molecule has 0 bridgehead atoms. The summed E-state index contributed by atoms with van der Waals surface area (Å²) in [6.07, 6.45) is 0.538. The van der Waals surface area contributed by atoms with E-state index >= 15 is 0 Å². The van der Waals surface area contributed by atoms with E-state index in [9.17, 15) is 13.5 Å². The molecule has 3 aromatic rings. The number of nitrogens with zero attached hydrogens (tertiary/aromatic N) is 2. The zero-order valence-electron chi connectivity index (χ0n) is 16.3. The van der Waals surface area contributed by atoms with Gasteiger partial charge in [-0.2, -0.15) is 5.10 Å². The van der Waals surface area contributed by atoms with Crippen LogP contribution in [0.5, 0.6) is 5.75 Å². The highest BCUT2D eigenvalue weighted by Gasteiger charge is 2.26. The maximum atomic E-state index is 13.0. The summed E-state index contributed by atoms with van der Waals surface area (Å²) in [5, 5.41) is 16.6. The Labute approximate surface area is 174 Å². The van der Waals surface area contributed by atoms with E-state index < -0.39 is 16.1 Å². The first-order chi connectivity index (χ1) is 14.4. The van der Waals surface area contributed by atoms with Crippen LogP contribution in [-0.4, -0.2) is 31.9 Å². The van der Waals surface area contributed by atoms with E-state index in [0.29, 0.717) is 29.1 Å². The molecule has 30 heavy (non-hydrogen) atoms. The molecule has 0 spiro atoms. The molecule has 0 saturated carbocycles. The number of rotatable bonds is 5. The van der Waals surface area contributed by atoms with Gasteiger partial charge < -0.3 is 15.6 Å². The smallest absolute Gasteiger partial charge is 0.206 e. The van der Waals surface area contributed by atoms with Crippen molar-refractivity contribution in [2.45, 2.75) is 22.6 Å². The van der Waals surface area contributed by atoms with E-state index in [1.54, 1.807) is 30.5 Å². The van der Waals surface area contributed by atoms with E-state index in [4.69, 9.17) is 10.5 Å². The van der Waals surface area contributed by atoms with Crippen molar-refractivity contribution >= 4 is 21.7 Å². The molecule has 7 nitrogen and oxygen atoms in total. The van der Waals surface area contributed by atoms with Crippen LogP contribution in [0.4, 0.5) is 5.69 Å². The number of aliphatic hydroxyl groups excluding tert-OH is 1. The Morgan fingerprint density at radius 2 is 1.77 bits per heavy atom. The van der Waals surface area contributed by atoms with Gasteiger partial charge in [0.1, 0.15) is 5.75 Å². The number of methoxy groups -OCH3 is 1. The van der Waals surface area contributed by atoms with Gasteiger partial charge in [0.25, 0.3) is 0 Å². The van der Waals surface area contributed by atoms with Gasteiger partial charge in [-0.3, -0.25) is 5.01 Å². The molecule has 1 aliphatic rings. The molecule has 3 N–H and O–H groups in total. The van der Waals surface area contributed by atoms with E-state index in [1.165, 1.54) is 36.4 Å². The molecule has 1 aliphatic heterocycles. The lowest BCUT2D eigenvalue weighted by molar-refractivity contribution is -0.00492. The Hall–Kier alpha value is -3.36. The molecule has 0 saturated heterocycles. The molecule has 3 aromatic carbocycles. The van der Waals surface area contributed by atoms with Gasteiger partial charge in [-0.05, 0) is 48.0 Å². The van der Waals surface area contributed by atoms with Crippen LogP contribution in [-0.2, 0) is 16.4 Å². The summed E-state index contributed by atoms with van der Waals surface area (Å²) in [4.78, 5) is 0.295. The number of benzene rings is 3. The van der Waals surface area contributed by atoms with E-state index in [-0.39, 0.29) is 9.79 Å². The van der Waals surface area contributed by atoms with Crippen molar-refractivity contribution in [2.75, 3.05) is 12.8 Å². The summed E-state index contributed by atoms with van der Waals surface area (Å²) in [6, 6.07) is 18.2. The highest BCUT2D eigenvalue weighted by Crippen LogP contribution is 2.31. The topological polar surface area (TPSA) is 105 Å². The molecular weight excluding hydrogens is 402 g/mol. The van der Waals surface area contributed by atoms with Gasteiger partial charge in [0.15, 0.2) is 6.23 Å². The molecule has 4 rings (SSSR count). The fraction of sp³-hybridized carbons (Fsp3) is 0.136. The van der Waals surface area contributed by atoms with Gasteiger partial charge in [-0.25, -0.2) is 8.42 Å². The van der Waals surface area contributed by atoms with Gasteiger partial charge in [0.2, 0.25) is 9.84 Å². The third-order valence-electron chi connectivity index (χ3n) is 5.03. The molecule has 1 atom stereocenters. The minimum Gasteiger partial charge on any atom is -0.497 e. The van der Waals surface area contributed by atoms with Crippen LogP contribution in [0.1, 0.15) is 22.9 Å². The average molecular weight is 423 g/mol. The number of anilines is 1. The molecule has 0 fully saturated rings.